The largest absolute Gasteiger partial charge is 0.497 e. The molecule has 1 aromatic rings. The predicted octanol–water partition coefficient (Wildman–Crippen LogP) is 2.29. The maximum Gasteiger partial charge on any atom is 0.319 e. The Morgan fingerprint density at radius 2 is 1.95 bits per heavy atom. The lowest BCUT2D eigenvalue weighted by Gasteiger charge is -2.25. The third-order valence-corrected chi connectivity index (χ3v) is 3.36. The van der Waals surface area contributed by atoms with Gasteiger partial charge in [0.15, 0.2) is 5.78 Å². The second kappa shape index (κ2) is 7.11. The molecule has 5 nitrogen and oxygen atoms in total. The van der Waals surface area contributed by atoms with Gasteiger partial charge in [-0.2, -0.15) is 0 Å². The van der Waals surface area contributed by atoms with E-state index in [4.69, 9.17) is 9.47 Å². The van der Waals surface area contributed by atoms with Crippen LogP contribution in [0.4, 0.5) is 5.69 Å². The van der Waals surface area contributed by atoms with Crippen molar-refractivity contribution < 1.29 is 19.1 Å². The minimum absolute atomic E-state index is 0.124. The second-order valence-electron chi connectivity index (χ2n) is 5.33. The Labute approximate surface area is 125 Å². The molecule has 0 bridgehead atoms. The predicted molar refractivity (Wildman–Crippen MR) is 81.7 cm³/mol. The Morgan fingerprint density at radius 3 is 2.52 bits per heavy atom. The second-order valence-corrected chi connectivity index (χ2v) is 5.33. The van der Waals surface area contributed by atoms with Crippen molar-refractivity contribution in [3.05, 3.63) is 24.3 Å². The molecule has 1 rings (SSSR count). The lowest BCUT2D eigenvalue weighted by atomic mass is 9.88. The minimum Gasteiger partial charge on any atom is -0.497 e. The van der Waals surface area contributed by atoms with Crippen LogP contribution in [-0.2, 0) is 14.3 Å². The molecule has 0 aromatic heterocycles. The molecule has 0 heterocycles. The highest BCUT2D eigenvalue weighted by atomic mass is 16.5. The Hall–Kier alpha value is -2.04. The van der Waals surface area contributed by atoms with Crippen LogP contribution in [0.5, 0.6) is 5.75 Å². The van der Waals surface area contributed by atoms with Crippen LogP contribution in [0, 0.1) is 5.41 Å². The topological polar surface area (TPSA) is 55.8 Å². The van der Waals surface area contributed by atoms with Crippen LogP contribution < -0.4 is 9.64 Å². The number of hydrogen-bond acceptors (Lipinski definition) is 5. The van der Waals surface area contributed by atoms with Gasteiger partial charge in [-0.1, -0.05) is 6.07 Å². The van der Waals surface area contributed by atoms with Gasteiger partial charge in [-0.25, -0.2) is 0 Å². The summed E-state index contributed by atoms with van der Waals surface area (Å²) in [5.74, 6) is 0.0387. The molecule has 0 saturated heterocycles. The lowest BCUT2D eigenvalue weighted by molar-refractivity contribution is -0.157. The molecule has 0 aliphatic heterocycles. The van der Waals surface area contributed by atoms with E-state index < -0.39 is 11.4 Å². The molecule has 0 amide bonds. The van der Waals surface area contributed by atoms with Crippen molar-refractivity contribution in [3.63, 3.8) is 0 Å². The fraction of sp³-hybridized carbons (Fsp3) is 0.500. The van der Waals surface area contributed by atoms with Crippen LogP contribution in [0.15, 0.2) is 24.3 Å². The quantitative estimate of drug-likeness (QED) is 0.570. The summed E-state index contributed by atoms with van der Waals surface area (Å²) in [4.78, 5) is 26.0. The molecule has 0 N–H and O–H groups in total. The summed E-state index contributed by atoms with van der Waals surface area (Å²) in [5, 5.41) is 0. The van der Waals surface area contributed by atoms with Crippen molar-refractivity contribution in [2.45, 2.75) is 20.8 Å². The van der Waals surface area contributed by atoms with Crippen LogP contribution in [0.25, 0.3) is 0 Å². The highest BCUT2D eigenvalue weighted by molar-refractivity contribution is 6.04. The molecule has 0 radical (unpaired) electrons. The van der Waals surface area contributed by atoms with Gasteiger partial charge < -0.3 is 14.4 Å². The summed E-state index contributed by atoms with van der Waals surface area (Å²) in [7, 11) is 3.39. The first-order valence-electron chi connectivity index (χ1n) is 6.88. The number of anilines is 1. The van der Waals surface area contributed by atoms with Crippen molar-refractivity contribution in [1.82, 2.24) is 0 Å². The van der Waals surface area contributed by atoms with Gasteiger partial charge in [-0.15, -0.1) is 0 Å². The summed E-state index contributed by atoms with van der Waals surface area (Å²) in [6, 6.07) is 7.41. The van der Waals surface area contributed by atoms with E-state index in [0.717, 1.165) is 11.4 Å². The Bertz CT molecular complexity index is 511. The average molecular weight is 293 g/mol. The molecular weight excluding hydrogens is 270 g/mol. The summed E-state index contributed by atoms with van der Waals surface area (Å²) in [6.07, 6.45) is 0. The van der Waals surface area contributed by atoms with Crippen LogP contribution >= 0.6 is 0 Å². The number of nitrogens with zero attached hydrogens (tertiary/aromatic N) is 1. The molecule has 5 heteroatoms. The third kappa shape index (κ3) is 4.21. The van der Waals surface area contributed by atoms with E-state index in [-0.39, 0.29) is 18.9 Å². The monoisotopic (exact) mass is 293 g/mol. The zero-order chi connectivity index (χ0) is 16.0. The zero-order valence-corrected chi connectivity index (χ0v) is 13.3. The van der Waals surface area contributed by atoms with Crippen molar-refractivity contribution in [2.75, 3.05) is 32.2 Å². The van der Waals surface area contributed by atoms with Gasteiger partial charge in [-0.05, 0) is 32.9 Å². The Balaban J connectivity index is 2.79. The van der Waals surface area contributed by atoms with Crippen molar-refractivity contribution in [3.8, 4) is 5.75 Å². The number of benzene rings is 1. The van der Waals surface area contributed by atoms with Crippen LogP contribution in [0.2, 0.25) is 0 Å². The number of Topliss-reactive ketones (excluding diaryl/α,β-unsaturated/α-hetero) is 1. The molecule has 0 fully saturated rings. The maximum absolute atomic E-state index is 12.3. The highest BCUT2D eigenvalue weighted by Gasteiger charge is 2.37. The molecule has 0 spiro atoms. The molecule has 0 atom stereocenters. The Morgan fingerprint density at radius 1 is 1.29 bits per heavy atom. The number of methoxy groups -OCH3 is 1. The van der Waals surface area contributed by atoms with Crippen molar-refractivity contribution >= 4 is 17.4 Å². The Kier molecular flexibility index (Phi) is 5.76. The molecule has 0 unspecified atom stereocenters. The van der Waals surface area contributed by atoms with E-state index >= 15 is 0 Å². The van der Waals surface area contributed by atoms with E-state index in [2.05, 4.69) is 0 Å². The average Bonchev–Trinajstić information content (AvgIpc) is 2.47. The molecule has 21 heavy (non-hydrogen) atoms. The van der Waals surface area contributed by atoms with E-state index in [1.165, 1.54) is 0 Å². The fourth-order valence-corrected chi connectivity index (χ4v) is 1.78. The van der Waals surface area contributed by atoms with Gasteiger partial charge >= 0.3 is 5.97 Å². The smallest absolute Gasteiger partial charge is 0.319 e. The third-order valence-electron chi connectivity index (χ3n) is 3.36. The molecule has 1 aromatic carbocycles. The number of ketones is 1. The number of hydrogen-bond donors (Lipinski definition) is 0. The first-order valence-corrected chi connectivity index (χ1v) is 6.88. The number of carbonyl (C=O) groups is 2. The SMILES string of the molecule is CCOC(=O)C(C)(C)C(=O)CN(C)c1cccc(OC)c1. The normalized spacial score (nSPS) is 10.9. The van der Waals surface area contributed by atoms with Gasteiger partial charge in [0.25, 0.3) is 0 Å². The zero-order valence-electron chi connectivity index (χ0n) is 13.3. The molecule has 0 aliphatic rings. The van der Waals surface area contributed by atoms with Gasteiger partial charge in [0.1, 0.15) is 11.2 Å². The number of esters is 1. The first-order chi connectivity index (χ1) is 9.82. The van der Waals surface area contributed by atoms with E-state index in [0.29, 0.717) is 0 Å². The first kappa shape index (κ1) is 17.0. The number of ether oxygens (including phenoxy) is 2. The van der Waals surface area contributed by atoms with E-state index in [9.17, 15) is 9.59 Å². The number of likely N-dealkylation sites (N-methyl/N-ethyl adjacent to an activating group) is 1. The van der Waals surface area contributed by atoms with Crippen molar-refractivity contribution in [2.24, 2.45) is 5.41 Å². The summed E-state index contributed by atoms with van der Waals surface area (Å²) >= 11 is 0. The van der Waals surface area contributed by atoms with Gasteiger partial charge in [-0.3, -0.25) is 9.59 Å². The van der Waals surface area contributed by atoms with E-state index in [1.807, 2.05) is 24.3 Å². The van der Waals surface area contributed by atoms with Crippen LogP contribution in [0.1, 0.15) is 20.8 Å². The molecule has 116 valence electrons. The highest BCUT2D eigenvalue weighted by Crippen LogP contribution is 2.23. The summed E-state index contributed by atoms with van der Waals surface area (Å²) in [5.41, 5.74) is -0.300. The lowest BCUT2D eigenvalue weighted by Crippen LogP contribution is -2.41. The van der Waals surface area contributed by atoms with Crippen molar-refractivity contribution in [1.29, 1.82) is 0 Å². The summed E-state index contributed by atoms with van der Waals surface area (Å²) < 4.78 is 10.1. The van der Waals surface area contributed by atoms with Gasteiger partial charge in [0.05, 0.1) is 20.3 Å². The standard InChI is InChI=1S/C16H23NO4/c1-6-21-15(19)16(2,3)14(18)11-17(4)12-8-7-9-13(10-12)20-5/h7-10H,6,11H2,1-5H3. The number of rotatable bonds is 7. The van der Waals surface area contributed by atoms with Crippen LogP contribution in [0.3, 0.4) is 0 Å². The maximum atomic E-state index is 12.3. The summed E-state index contributed by atoms with van der Waals surface area (Å²) in [6.45, 7) is 5.29. The number of carbonyl (C=O) groups excluding carboxylic acids is 2. The molecular formula is C16H23NO4. The van der Waals surface area contributed by atoms with E-state index in [1.54, 1.807) is 39.8 Å². The van der Waals surface area contributed by atoms with Crippen LogP contribution in [-0.4, -0.2) is 39.1 Å². The minimum atomic E-state index is -1.15. The molecule has 0 aliphatic carbocycles. The molecule has 0 saturated carbocycles. The van der Waals surface area contributed by atoms with Gasteiger partial charge in [0, 0.05) is 18.8 Å². The van der Waals surface area contributed by atoms with Gasteiger partial charge in [0.2, 0.25) is 0 Å². The fourth-order valence-electron chi connectivity index (χ4n) is 1.78.